The summed E-state index contributed by atoms with van der Waals surface area (Å²) in [5.41, 5.74) is 4.79. The zero-order chi connectivity index (χ0) is 15.2. The van der Waals surface area contributed by atoms with Gasteiger partial charge in [0.2, 0.25) is 5.60 Å². The van der Waals surface area contributed by atoms with Crippen molar-refractivity contribution in [2.75, 3.05) is 12.3 Å². The number of nitriles is 1. The fourth-order valence-corrected chi connectivity index (χ4v) is 2.61. The first-order valence-electron chi connectivity index (χ1n) is 6.30. The fraction of sp³-hybridized carbons (Fsp3) is 0.385. The van der Waals surface area contributed by atoms with Gasteiger partial charge in [-0.05, 0) is 18.2 Å². The number of aliphatic hydroxyl groups excluding tert-OH is 2. The second kappa shape index (κ2) is 4.66. The molecule has 0 aliphatic carbocycles. The van der Waals surface area contributed by atoms with Crippen LogP contribution in [0.3, 0.4) is 0 Å². The molecule has 3 heterocycles. The molecule has 2 aromatic heterocycles. The SMILES string of the molecule is N#C[C@@]1(c2ccc3c(N)ccnn23)O[C@H](CO)[C@@H](O)[C@H]1F. The number of hydrogen-bond acceptors (Lipinski definition) is 6. The Bertz CT molecular complexity index is 728. The second-order valence-corrected chi connectivity index (χ2v) is 4.88. The van der Waals surface area contributed by atoms with Crippen molar-refractivity contribution in [2.24, 2.45) is 0 Å². The average molecular weight is 292 g/mol. The normalized spacial score (nSPS) is 32.4. The van der Waals surface area contributed by atoms with Gasteiger partial charge in [0.1, 0.15) is 18.3 Å². The lowest BCUT2D eigenvalue weighted by molar-refractivity contribution is -0.0566. The predicted octanol–water partition coefficient (Wildman–Crippen LogP) is -0.275. The molecule has 0 spiro atoms. The molecule has 0 unspecified atom stereocenters. The summed E-state index contributed by atoms with van der Waals surface area (Å²) >= 11 is 0. The van der Waals surface area contributed by atoms with Gasteiger partial charge in [0, 0.05) is 6.20 Å². The van der Waals surface area contributed by atoms with E-state index in [0.29, 0.717) is 11.2 Å². The predicted molar refractivity (Wildman–Crippen MR) is 69.8 cm³/mol. The summed E-state index contributed by atoms with van der Waals surface area (Å²) in [7, 11) is 0. The summed E-state index contributed by atoms with van der Waals surface area (Å²) in [5, 5.41) is 32.4. The van der Waals surface area contributed by atoms with Crippen LogP contribution in [-0.2, 0) is 10.3 Å². The van der Waals surface area contributed by atoms with Gasteiger partial charge in [0.15, 0.2) is 6.17 Å². The van der Waals surface area contributed by atoms with E-state index in [2.05, 4.69) is 5.10 Å². The highest BCUT2D eigenvalue weighted by atomic mass is 19.1. The molecule has 0 saturated carbocycles. The molecule has 2 aromatic rings. The number of nitrogen functional groups attached to an aromatic ring is 1. The van der Waals surface area contributed by atoms with Crippen LogP contribution in [-0.4, -0.2) is 44.8 Å². The summed E-state index contributed by atoms with van der Waals surface area (Å²) < 4.78 is 21.1. The molecule has 4 N–H and O–H groups in total. The third-order valence-corrected chi connectivity index (χ3v) is 3.72. The van der Waals surface area contributed by atoms with Crippen LogP contribution in [0.15, 0.2) is 24.4 Å². The van der Waals surface area contributed by atoms with E-state index in [4.69, 9.17) is 15.6 Å². The molecule has 3 rings (SSSR count). The van der Waals surface area contributed by atoms with Gasteiger partial charge >= 0.3 is 0 Å². The fourth-order valence-electron chi connectivity index (χ4n) is 2.61. The van der Waals surface area contributed by atoms with Crippen LogP contribution in [0.2, 0.25) is 0 Å². The molecule has 21 heavy (non-hydrogen) atoms. The summed E-state index contributed by atoms with van der Waals surface area (Å²) in [6.07, 6.45) is -3.37. The van der Waals surface area contributed by atoms with E-state index in [9.17, 15) is 14.8 Å². The second-order valence-electron chi connectivity index (χ2n) is 4.88. The number of aliphatic hydroxyl groups is 2. The molecule has 110 valence electrons. The molecule has 1 aliphatic heterocycles. The van der Waals surface area contributed by atoms with Crippen molar-refractivity contribution in [1.29, 1.82) is 5.26 Å². The van der Waals surface area contributed by atoms with Crippen LogP contribution in [0.25, 0.3) is 5.52 Å². The Hall–Kier alpha value is -2.21. The molecule has 1 saturated heterocycles. The standard InChI is InChI=1S/C13H13FN4O3/c14-12-11(20)9(5-19)21-13(12,6-15)10-2-1-8-7(16)3-4-17-18(8)10/h1-4,9,11-12,19-20H,5,16H2/t9-,11-,12-,13+/m1/s1. The van der Waals surface area contributed by atoms with E-state index in [1.54, 1.807) is 18.2 Å². The van der Waals surface area contributed by atoms with E-state index in [0.717, 1.165) is 0 Å². The quantitative estimate of drug-likeness (QED) is 0.701. The Balaban J connectivity index is 2.20. The Kier molecular flexibility index (Phi) is 3.06. The summed E-state index contributed by atoms with van der Waals surface area (Å²) in [4.78, 5) is 0. The van der Waals surface area contributed by atoms with Gasteiger partial charge in [0.25, 0.3) is 0 Å². The number of anilines is 1. The number of ether oxygens (including phenoxy) is 1. The van der Waals surface area contributed by atoms with Gasteiger partial charge in [-0.3, -0.25) is 0 Å². The van der Waals surface area contributed by atoms with Crippen molar-refractivity contribution < 1.29 is 19.3 Å². The van der Waals surface area contributed by atoms with Gasteiger partial charge in [-0.2, -0.15) is 10.4 Å². The van der Waals surface area contributed by atoms with Gasteiger partial charge < -0.3 is 20.7 Å². The Morgan fingerprint density at radius 3 is 2.90 bits per heavy atom. The molecule has 0 amide bonds. The third-order valence-electron chi connectivity index (χ3n) is 3.72. The molecule has 4 atom stereocenters. The summed E-state index contributed by atoms with van der Waals surface area (Å²) in [6, 6.07) is 6.40. The minimum Gasteiger partial charge on any atom is -0.397 e. The van der Waals surface area contributed by atoms with Crippen molar-refractivity contribution >= 4 is 11.2 Å². The molecule has 8 heteroatoms. The topological polar surface area (TPSA) is 117 Å². The monoisotopic (exact) mass is 292 g/mol. The van der Waals surface area contributed by atoms with Crippen molar-refractivity contribution in [1.82, 2.24) is 9.61 Å². The van der Waals surface area contributed by atoms with Crippen molar-refractivity contribution in [3.63, 3.8) is 0 Å². The van der Waals surface area contributed by atoms with Crippen LogP contribution >= 0.6 is 0 Å². The number of halogens is 1. The van der Waals surface area contributed by atoms with E-state index in [1.165, 1.54) is 16.8 Å². The Morgan fingerprint density at radius 2 is 2.29 bits per heavy atom. The van der Waals surface area contributed by atoms with Crippen LogP contribution in [0.1, 0.15) is 5.69 Å². The number of hydrogen-bond donors (Lipinski definition) is 3. The van der Waals surface area contributed by atoms with Crippen LogP contribution in [0, 0.1) is 11.3 Å². The summed E-state index contributed by atoms with van der Waals surface area (Å²) in [6.45, 7) is -0.593. The maximum Gasteiger partial charge on any atom is 0.231 e. The van der Waals surface area contributed by atoms with E-state index >= 15 is 0 Å². The number of nitrogens with two attached hydrogens (primary N) is 1. The number of alkyl halides is 1. The first-order valence-corrected chi connectivity index (χ1v) is 6.30. The number of aromatic nitrogens is 2. The highest BCUT2D eigenvalue weighted by Gasteiger charge is 2.58. The van der Waals surface area contributed by atoms with Crippen LogP contribution < -0.4 is 5.73 Å². The Labute approximate surface area is 119 Å². The molecule has 0 aromatic carbocycles. The molecule has 0 bridgehead atoms. The highest BCUT2D eigenvalue weighted by Crippen LogP contribution is 2.42. The van der Waals surface area contributed by atoms with E-state index in [1.807, 2.05) is 0 Å². The third kappa shape index (κ3) is 1.72. The van der Waals surface area contributed by atoms with E-state index < -0.39 is 30.6 Å². The molecule has 7 nitrogen and oxygen atoms in total. The molecular formula is C13H13FN4O3. The van der Waals surface area contributed by atoms with Crippen molar-refractivity contribution in [3.05, 3.63) is 30.1 Å². The number of nitrogens with zero attached hydrogens (tertiary/aromatic N) is 3. The lowest BCUT2D eigenvalue weighted by Crippen LogP contribution is -2.37. The maximum absolute atomic E-state index is 14.5. The molecular weight excluding hydrogens is 279 g/mol. The van der Waals surface area contributed by atoms with Crippen molar-refractivity contribution in [2.45, 2.75) is 24.0 Å². The van der Waals surface area contributed by atoms with Crippen molar-refractivity contribution in [3.8, 4) is 6.07 Å². The summed E-state index contributed by atoms with van der Waals surface area (Å²) in [5.74, 6) is 0. The highest BCUT2D eigenvalue weighted by molar-refractivity contribution is 5.69. The van der Waals surface area contributed by atoms with Crippen LogP contribution in [0.5, 0.6) is 0 Å². The maximum atomic E-state index is 14.5. The number of rotatable bonds is 2. The van der Waals surface area contributed by atoms with Gasteiger partial charge in [-0.15, -0.1) is 0 Å². The lowest BCUT2D eigenvalue weighted by Gasteiger charge is -2.22. The van der Waals surface area contributed by atoms with Gasteiger partial charge in [-0.25, -0.2) is 8.91 Å². The zero-order valence-electron chi connectivity index (χ0n) is 10.8. The number of fused-ring (bicyclic) bond motifs is 1. The zero-order valence-corrected chi connectivity index (χ0v) is 10.8. The first kappa shape index (κ1) is 13.8. The average Bonchev–Trinajstić information content (AvgIpc) is 3.03. The first-order chi connectivity index (χ1) is 10.0. The Morgan fingerprint density at radius 1 is 1.52 bits per heavy atom. The molecule has 1 aliphatic rings. The van der Waals surface area contributed by atoms with Crippen LogP contribution in [0.4, 0.5) is 10.1 Å². The molecule has 1 fully saturated rings. The smallest absolute Gasteiger partial charge is 0.231 e. The van der Waals surface area contributed by atoms with Gasteiger partial charge in [0.05, 0.1) is 23.5 Å². The minimum absolute atomic E-state index is 0.120. The lowest BCUT2D eigenvalue weighted by atomic mass is 9.94. The van der Waals surface area contributed by atoms with Gasteiger partial charge in [-0.1, -0.05) is 0 Å². The minimum atomic E-state index is -2.04. The molecule has 0 radical (unpaired) electrons. The largest absolute Gasteiger partial charge is 0.397 e. The van der Waals surface area contributed by atoms with E-state index in [-0.39, 0.29) is 5.69 Å².